The molecular formula is C12H13FO4. The third kappa shape index (κ3) is 2.39. The predicted molar refractivity (Wildman–Crippen MR) is 57.2 cm³/mol. The second kappa shape index (κ2) is 4.71. The van der Waals surface area contributed by atoms with E-state index in [2.05, 4.69) is 0 Å². The quantitative estimate of drug-likeness (QED) is 0.877. The first kappa shape index (κ1) is 11.9. The molecule has 1 atom stereocenters. The molecule has 2 rings (SSSR count). The van der Waals surface area contributed by atoms with Crippen molar-refractivity contribution < 1.29 is 23.8 Å². The standard InChI is InChI=1S/C12H13FO4/c1-7(12(14)15)4-8-2-3-10(13)9-5-16-6-17-11(8)9/h2-3,7H,4-6H2,1H3,(H,14,15). The number of hydrogen-bond donors (Lipinski definition) is 1. The van der Waals surface area contributed by atoms with Gasteiger partial charge in [-0.3, -0.25) is 4.79 Å². The molecule has 17 heavy (non-hydrogen) atoms. The van der Waals surface area contributed by atoms with E-state index >= 15 is 0 Å². The third-order valence-corrected chi connectivity index (χ3v) is 2.77. The number of carboxylic acid groups (broad SMARTS) is 1. The van der Waals surface area contributed by atoms with Crippen molar-refractivity contribution in [2.45, 2.75) is 20.0 Å². The second-order valence-electron chi connectivity index (χ2n) is 4.07. The van der Waals surface area contributed by atoms with Gasteiger partial charge in [-0.05, 0) is 18.1 Å². The number of fused-ring (bicyclic) bond motifs is 1. The Labute approximate surface area is 98.0 Å². The van der Waals surface area contributed by atoms with Crippen LogP contribution in [0.1, 0.15) is 18.1 Å². The summed E-state index contributed by atoms with van der Waals surface area (Å²) in [5.41, 5.74) is 1.07. The van der Waals surface area contributed by atoms with Gasteiger partial charge in [0, 0.05) is 0 Å². The van der Waals surface area contributed by atoms with Crippen molar-refractivity contribution in [2.75, 3.05) is 6.79 Å². The van der Waals surface area contributed by atoms with Gasteiger partial charge in [0.15, 0.2) is 6.79 Å². The molecule has 5 heteroatoms. The van der Waals surface area contributed by atoms with Crippen LogP contribution in [-0.4, -0.2) is 17.9 Å². The van der Waals surface area contributed by atoms with Crippen LogP contribution in [0.25, 0.3) is 0 Å². The first-order valence-corrected chi connectivity index (χ1v) is 5.33. The van der Waals surface area contributed by atoms with Crippen LogP contribution in [0.15, 0.2) is 12.1 Å². The number of hydrogen-bond acceptors (Lipinski definition) is 3. The van der Waals surface area contributed by atoms with Gasteiger partial charge in [0.1, 0.15) is 11.6 Å². The fraction of sp³-hybridized carbons (Fsp3) is 0.417. The monoisotopic (exact) mass is 240 g/mol. The van der Waals surface area contributed by atoms with Crippen LogP contribution < -0.4 is 4.74 Å². The second-order valence-corrected chi connectivity index (χ2v) is 4.07. The highest BCUT2D eigenvalue weighted by atomic mass is 19.1. The fourth-order valence-electron chi connectivity index (χ4n) is 1.79. The zero-order valence-corrected chi connectivity index (χ0v) is 9.40. The van der Waals surface area contributed by atoms with Crippen LogP contribution in [0.3, 0.4) is 0 Å². The predicted octanol–water partition coefficient (Wildman–Crippen LogP) is 1.96. The SMILES string of the molecule is CC(Cc1ccc(F)c2c1OCOC2)C(=O)O. The summed E-state index contributed by atoms with van der Waals surface area (Å²) in [6.07, 6.45) is 0.317. The molecule has 1 aromatic rings. The van der Waals surface area contributed by atoms with Crippen LogP contribution in [0.2, 0.25) is 0 Å². The molecule has 0 saturated carbocycles. The van der Waals surface area contributed by atoms with Crippen LogP contribution in [0.4, 0.5) is 4.39 Å². The molecule has 1 aromatic carbocycles. The summed E-state index contributed by atoms with van der Waals surface area (Å²) in [6.45, 7) is 1.85. The van der Waals surface area contributed by atoms with E-state index in [9.17, 15) is 9.18 Å². The summed E-state index contributed by atoms with van der Waals surface area (Å²) < 4.78 is 23.7. The van der Waals surface area contributed by atoms with E-state index < -0.39 is 11.9 Å². The molecule has 92 valence electrons. The minimum Gasteiger partial charge on any atom is -0.481 e. The average Bonchev–Trinajstić information content (AvgIpc) is 2.33. The topological polar surface area (TPSA) is 55.8 Å². The van der Waals surface area contributed by atoms with Crippen molar-refractivity contribution in [3.05, 3.63) is 29.1 Å². The lowest BCUT2D eigenvalue weighted by atomic mass is 9.98. The van der Waals surface area contributed by atoms with Crippen LogP contribution in [0, 0.1) is 11.7 Å². The highest BCUT2D eigenvalue weighted by Crippen LogP contribution is 2.31. The molecule has 0 radical (unpaired) electrons. The minimum absolute atomic E-state index is 0.0743. The molecular weight excluding hydrogens is 227 g/mol. The van der Waals surface area contributed by atoms with Crippen molar-refractivity contribution in [1.29, 1.82) is 0 Å². The molecule has 0 saturated heterocycles. The Hall–Kier alpha value is -1.62. The summed E-state index contributed by atoms with van der Waals surface area (Å²) in [4.78, 5) is 10.8. The summed E-state index contributed by atoms with van der Waals surface area (Å²) in [7, 11) is 0. The molecule has 0 aromatic heterocycles. The molecule has 1 N–H and O–H groups in total. The number of carboxylic acids is 1. The Morgan fingerprint density at radius 3 is 3.06 bits per heavy atom. The van der Waals surface area contributed by atoms with Crippen LogP contribution in [0.5, 0.6) is 5.75 Å². The van der Waals surface area contributed by atoms with E-state index in [1.54, 1.807) is 13.0 Å². The lowest BCUT2D eigenvalue weighted by Gasteiger charge is -2.21. The van der Waals surface area contributed by atoms with Gasteiger partial charge < -0.3 is 14.6 Å². The number of rotatable bonds is 3. The molecule has 0 aliphatic carbocycles. The number of aliphatic carboxylic acids is 1. The highest BCUT2D eigenvalue weighted by Gasteiger charge is 2.21. The van der Waals surface area contributed by atoms with E-state index in [0.29, 0.717) is 23.3 Å². The van der Waals surface area contributed by atoms with Gasteiger partial charge in [-0.1, -0.05) is 13.0 Å². The van der Waals surface area contributed by atoms with Gasteiger partial charge in [0.05, 0.1) is 18.1 Å². The summed E-state index contributed by atoms with van der Waals surface area (Å²) >= 11 is 0. The lowest BCUT2D eigenvalue weighted by Crippen LogP contribution is -2.17. The number of halogens is 1. The zero-order valence-electron chi connectivity index (χ0n) is 9.40. The highest BCUT2D eigenvalue weighted by molar-refractivity contribution is 5.70. The molecule has 0 spiro atoms. The molecule has 1 aliphatic heterocycles. The van der Waals surface area contributed by atoms with Crippen molar-refractivity contribution in [2.24, 2.45) is 5.92 Å². The van der Waals surface area contributed by atoms with E-state index in [1.807, 2.05) is 0 Å². The van der Waals surface area contributed by atoms with Crippen LogP contribution >= 0.6 is 0 Å². The van der Waals surface area contributed by atoms with Gasteiger partial charge in [-0.15, -0.1) is 0 Å². The smallest absolute Gasteiger partial charge is 0.306 e. The van der Waals surface area contributed by atoms with Crippen molar-refractivity contribution >= 4 is 5.97 Å². The maximum atomic E-state index is 13.5. The van der Waals surface area contributed by atoms with Gasteiger partial charge in [-0.2, -0.15) is 0 Å². The minimum atomic E-state index is -0.880. The summed E-state index contributed by atoms with van der Waals surface area (Å²) in [5, 5.41) is 8.86. The third-order valence-electron chi connectivity index (χ3n) is 2.77. The number of carbonyl (C=O) groups is 1. The average molecular weight is 240 g/mol. The number of benzene rings is 1. The lowest BCUT2D eigenvalue weighted by molar-refractivity contribution is -0.141. The molecule has 1 heterocycles. The molecule has 0 fully saturated rings. The molecule has 1 unspecified atom stereocenters. The van der Waals surface area contributed by atoms with Gasteiger partial charge >= 0.3 is 5.97 Å². The van der Waals surface area contributed by atoms with E-state index in [1.165, 1.54) is 6.07 Å². The Morgan fingerprint density at radius 1 is 1.59 bits per heavy atom. The first-order chi connectivity index (χ1) is 8.09. The maximum Gasteiger partial charge on any atom is 0.306 e. The normalized spacial score (nSPS) is 15.9. The molecule has 1 aliphatic rings. The van der Waals surface area contributed by atoms with E-state index in [0.717, 1.165) is 0 Å². The Morgan fingerprint density at radius 2 is 2.35 bits per heavy atom. The largest absolute Gasteiger partial charge is 0.481 e. The van der Waals surface area contributed by atoms with Crippen molar-refractivity contribution in [3.63, 3.8) is 0 Å². The van der Waals surface area contributed by atoms with Crippen molar-refractivity contribution in [1.82, 2.24) is 0 Å². The first-order valence-electron chi connectivity index (χ1n) is 5.33. The van der Waals surface area contributed by atoms with Gasteiger partial charge in [-0.25, -0.2) is 4.39 Å². The Kier molecular flexibility index (Phi) is 3.28. The van der Waals surface area contributed by atoms with E-state index in [4.69, 9.17) is 14.6 Å². The Bertz CT molecular complexity index is 444. The fourth-order valence-corrected chi connectivity index (χ4v) is 1.79. The molecule has 4 nitrogen and oxygen atoms in total. The molecule has 0 amide bonds. The van der Waals surface area contributed by atoms with Gasteiger partial charge in [0.25, 0.3) is 0 Å². The zero-order chi connectivity index (χ0) is 12.4. The molecule has 0 bridgehead atoms. The van der Waals surface area contributed by atoms with Gasteiger partial charge in [0.2, 0.25) is 0 Å². The maximum absolute atomic E-state index is 13.5. The van der Waals surface area contributed by atoms with Crippen LogP contribution in [-0.2, 0) is 22.6 Å². The van der Waals surface area contributed by atoms with E-state index in [-0.39, 0.29) is 19.2 Å². The summed E-state index contributed by atoms with van der Waals surface area (Å²) in [6, 6.07) is 2.89. The number of ether oxygens (including phenoxy) is 2. The van der Waals surface area contributed by atoms with Crippen molar-refractivity contribution in [3.8, 4) is 5.75 Å². The summed E-state index contributed by atoms with van der Waals surface area (Å²) in [5.74, 6) is -1.36. The Balaban J connectivity index is 2.32.